The van der Waals surface area contributed by atoms with Crippen molar-refractivity contribution >= 4 is 17.7 Å². The van der Waals surface area contributed by atoms with E-state index < -0.39 is 17.9 Å². The van der Waals surface area contributed by atoms with Gasteiger partial charge in [-0.25, -0.2) is 9.18 Å². The molecule has 2 aromatic rings. The van der Waals surface area contributed by atoms with Crippen LogP contribution in [0.5, 0.6) is 5.75 Å². The quantitative estimate of drug-likeness (QED) is 0.740. The Morgan fingerprint density at radius 2 is 2.04 bits per heavy atom. The van der Waals surface area contributed by atoms with Crippen molar-refractivity contribution < 1.29 is 28.6 Å². The Labute approximate surface area is 161 Å². The maximum atomic E-state index is 15.2. The zero-order chi connectivity index (χ0) is 20.1. The molecule has 28 heavy (non-hydrogen) atoms. The molecular weight excluding hydrogens is 367 g/mol. The number of benzene rings is 2. The summed E-state index contributed by atoms with van der Waals surface area (Å²) >= 11 is 0. The van der Waals surface area contributed by atoms with E-state index in [9.17, 15) is 14.7 Å². The molecule has 148 valence electrons. The minimum atomic E-state index is -1.10. The number of methoxy groups -OCH3 is 1. The molecule has 1 aliphatic heterocycles. The Balaban J connectivity index is 1.91. The number of halogens is 1. The smallest absolute Gasteiger partial charge is 0.407 e. The average Bonchev–Trinajstić information content (AvgIpc) is 2.71. The van der Waals surface area contributed by atoms with Crippen LogP contribution in [0.4, 0.5) is 14.9 Å². The lowest BCUT2D eigenvalue weighted by Crippen LogP contribution is -2.35. The number of fused-ring (bicyclic) bond motifs is 1. The van der Waals surface area contributed by atoms with Crippen LogP contribution in [-0.4, -0.2) is 42.3 Å². The molecule has 2 aromatic carbocycles. The summed E-state index contributed by atoms with van der Waals surface area (Å²) in [7, 11) is 1.24. The second kappa shape index (κ2) is 8.60. The van der Waals surface area contributed by atoms with Crippen LogP contribution in [0.3, 0.4) is 0 Å². The summed E-state index contributed by atoms with van der Waals surface area (Å²) in [6.45, 7) is 0.223. The topological polar surface area (TPSA) is 88.1 Å². The third kappa shape index (κ3) is 4.33. The highest BCUT2D eigenvalue weighted by Gasteiger charge is 2.27. The third-order valence-corrected chi connectivity index (χ3v) is 4.57. The summed E-state index contributed by atoms with van der Waals surface area (Å²) in [5, 5.41) is 11.9. The van der Waals surface area contributed by atoms with Gasteiger partial charge in [0.1, 0.15) is 24.6 Å². The van der Waals surface area contributed by atoms with Crippen molar-refractivity contribution in [2.24, 2.45) is 0 Å². The van der Waals surface area contributed by atoms with Crippen molar-refractivity contribution in [3.8, 4) is 5.75 Å². The van der Waals surface area contributed by atoms with Crippen molar-refractivity contribution in [2.75, 3.05) is 25.5 Å². The van der Waals surface area contributed by atoms with Gasteiger partial charge < -0.3 is 24.8 Å². The van der Waals surface area contributed by atoms with Gasteiger partial charge in [0.25, 0.3) is 0 Å². The molecule has 0 saturated carbocycles. The molecule has 8 heteroatoms. The highest BCUT2D eigenvalue weighted by molar-refractivity contribution is 5.76. The summed E-state index contributed by atoms with van der Waals surface area (Å²) in [6.07, 6.45) is -0.712. The first kappa shape index (κ1) is 19.5. The monoisotopic (exact) mass is 388 g/mol. The van der Waals surface area contributed by atoms with Crippen LogP contribution in [-0.2, 0) is 29.1 Å². The van der Waals surface area contributed by atoms with Gasteiger partial charge in [0.2, 0.25) is 0 Å². The molecule has 0 spiro atoms. The van der Waals surface area contributed by atoms with Gasteiger partial charge in [0.15, 0.2) is 5.82 Å². The zero-order valence-corrected chi connectivity index (χ0v) is 15.4. The Morgan fingerprint density at radius 1 is 1.29 bits per heavy atom. The van der Waals surface area contributed by atoms with E-state index in [1.807, 2.05) is 30.3 Å². The maximum absolute atomic E-state index is 15.2. The average molecular weight is 388 g/mol. The van der Waals surface area contributed by atoms with E-state index in [-0.39, 0.29) is 43.2 Å². The van der Waals surface area contributed by atoms with Crippen LogP contribution in [0.15, 0.2) is 36.4 Å². The second-order valence-electron chi connectivity index (χ2n) is 6.36. The van der Waals surface area contributed by atoms with Gasteiger partial charge in [-0.3, -0.25) is 4.79 Å². The minimum absolute atomic E-state index is 0.0207. The number of esters is 1. The lowest BCUT2D eigenvalue weighted by atomic mass is 9.97. The number of carbonyl (C=O) groups is 2. The van der Waals surface area contributed by atoms with Gasteiger partial charge in [-0.15, -0.1) is 0 Å². The Morgan fingerprint density at radius 3 is 2.71 bits per heavy atom. The van der Waals surface area contributed by atoms with Crippen LogP contribution >= 0.6 is 0 Å². The Bertz CT molecular complexity index is 873. The van der Waals surface area contributed by atoms with Crippen molar-refractivity contribution in [3.63, 3.8) is 0 Å². The van der Waals surface area contributed by atoms with Gasteiger partial charge in [-0.05, 0) is 23.6 Å². The molecular formula is C20H21FN2O5. The summed E-state index contributed by atoms with van der Waals surface area (Å²) in [5.41, 5.74) is 1.92. The van der Waals surface area contributed by atoms with Crippen LogP contribution < -0.4 is 10.1 Å². The maximum Gasteiger partial charge on any atom is 0.407 e. The molecule has 3 rings (SSSR count). The fourth-order valence-electron chi connectivity index (χ4n) is 3.05. The lowest BCUT2D eigenvalue weighted by Gasteiger charge is -2.28. The molecule has 1 amide bonds. The Hall–Kier alpha value is -3.29. The first-order chi connectivity index (χ1) is 13.5. The molecule has 0 aliphatic carbocycles. The molecule has 7 nitrogen and oxygen atoms in total. The second-order valence-corrected chi connectivity index (χ2v) is 6.36. The molecule has 0 fully saturated rings. The van der Waals surface area contributed by atoms with Gasteiger partial charge >= 0.3 is 12.1 Å². The fraction of sp³-hybridized carbons (Fsp3) is 0.300. The van der Waals surface area contributed by atoms with E-state index in [2.05, 4.69) is 10.1 Å². The highest BCUT2D eigenvalue weighted by atomic mass is 19.1. The minimum Gasteiger partial charge on any atom is -0.487 e. The standard InChI is InChI=1S/C20H21FN2O5/c1-27-17(24)10-22-19-16(28-12-13-5-3-2-4-6-13)9-14-7-8-23(20(25)26)11-15(14)18(19)21/h2-6,9,22H,7-8,10-12H2,1H3,(H,25,26). The van der Waals surface area contributed by atoms with Gasteiger partial charge in [-0.2, -0.15) is 0 Å². The first-order valence-corrected chi connectivity index (χ1v) is 8.79. The number of carbonyl (C=O) groups excluding carboxylic acids is 1. The normalized spacial score (nSPS) is 12.9. The Kier molecular flexibility index (Phi) is 5.98. The van der Waals surface area contributed by atoms with Crippen LogP contribution in [0.2, 0.25) is 0 Å². The van der Waals surface area contributed by atoms with Crippen LogP contribution in [0.1, 0.15) is 16.7 Å². The number of anilines is 1. The van der Waals surface area contributed by atoms with Crippen molar-refractivity contribution in [1.82, 2.24) is 4.90 Å². The first-order valence-electron chi connectivity index (χ1n) is 8.79. The van der Waals surface area contributed by atoms with E-state index in [1.165, 1.54) is 7.11 Å². The summed E-state index contributed by atoms with van der Waals surface area (Å²) in [4.78, 5) is 23.9. The molecule has 0 bridgehead atoms. The number of rotatable bonds is 6. The molecule has 1 heterocycles. The molecule has 0 saturated heterocycles. The van der Waals surface area contributed by atoms with Crippen molar-refractivity contribution in [2.45, 2.75) is 19.6 Å². The molecule has 0 unspecified atom stereocenters. The highest BCUT2D eigenvalue weighted by Crippen LogP contribution is 2.36. The van der Waals surface area contributed by atoms with Crippen molar-refractivity contribution in [1.29, 1.82) is 0 Å². The van der Waals surface area contributed by atoms with Gasteiger partial charge in [0, 0.05) is 12.1 Å². The number of ether oxygens (including phenoxy) is 2. The molecule has 0 aromatic heterocycles. The van der Waals surface area contributed by atoms with Crippen molar-refractivity contribution in [3.05, 3.63) is 58.9 Å². The lowest BCUT2D eigenvalue weighted by molar-refractivity contribution is -0.138. The number of hydrogen-bond acceptors (Lipinski definition) is 5. The van der Waals surface area contributed by atoms with E-state index in [0.717, 1.165) is 10.5 Å². The summed E-state index contributed by atoms with van der Waals surface area (Å²) in [5.74, 6) is -0.901. The summed E-state index contributed by atoms with van der Waals surface area (Å²) in [6, 6.07) is 11.1. The molecule has 2 N–H and O–H groups in total. The zero-order valence-electron chi connectivity index (χ0n) is 15.4. The molecule has 0 radical (unpaired) electrons. The number of amides is 1. The fourth-order valence-corrected chi connectivity index (χ4v) is 3.05. The largest absolute Gasteiger partial charge is 0.487 e. The molecule has 1 aliphatic rings. The van der Waals surface area contributed by atoms with Gasteiger partial charge in [-0.1, -0.05) is 30.3 Å². The number of nitrogens with zero attached hydrogens (tertiary/aromatic N) is 1. The summed E-state index contributed by atoms with van der Waals surface area (Å²) < 4.78 is 25.6. The SMILES string of the molecule is COC(=O)CNc1c(OCc2ccccc2)cc2c(c1F)CN(C(=O)O)CC2. The van der Waals surface area contributed by atoms with E-state index in [1.54, 1.807) is 6.07 Å². The van der Waals surface area contributed by atoms with E-state index >= 15 is 4.39 Å². The van der Waals surface area contributed by atoms with E-state index in [4.69, 9.17) is 4.74 Å². The number of hydrogen-bond donors (Lipinski definition) is 2. The van der Waals surface area contributed by atoms with Gasteiger partial charge in [0.05, 0.1) is 13.7 Å². The van der Waals surface area contributed by atoms with Crippen LogP contribution in [0, 0.1) is 5.82 Å². The predicted molar refractivity (Wildman–Crippen MR) is 99.8 cm³/mol. The molecule has 0 atom stereocenters. The number of carboxylic acid groups (broad SMARTS) is 1. The van der Waals surface area contributed by atoms with E-state index in [0.29, 0.717) is 12.0 Å². The number of nitrogens with one attached hydrogen (secondary N) is 1. The third-order valence-electron chi connectivity index (χ3n) is 4.57. The predicted octanol–water partition coefficient (Wildman–Crippen LogP) is 3.03. The van der Waals surface area contributed by atoms with Crippen LogP contribution in [0.25, 0.3) is 0 Å².